The van der Waals surface area contributed by atoms with Gasteiger partial charge in [-0.25, -0.2) is 8.42 Å². The van der Waals surface area contributed by atoms with Gasteiger partial charge in [0.2, 0.25) is 0 Å². The summed E-state index contributed by atoms with van der Waals surface area (Å²) in [5, 5.41) is 8.94. The minimum absolute atomic E-state index is 0.0943. The molecule has 4 rings (SSSR count). The number of amidine groups is 1. The zero-order valence-electron chi connectivity index (χ0n) is 10.2. The summed E-state index contributed by atoms with van der Waals surface area (Å²) >= 11 is 1.49. The molecule has 0 spiro atoms. The standard InChI is InChI=1S/C12H18N2O2S2/c13-12-14(9-4-7-1-2-8(9)3-7)10-5-18(15,16)6-11(10)17-12/h7-11,13H,1-6H2/t7-,8+,9+,10-,11+/m1/s1. The summed E-state index contributed by atoms with van der Waals surface area (Å²) in [6, 6.07) is 0.559. The second-order valence-corrected chi connectivity index (χ2v) is 9.64. The Balaban J connectivity index is 1.62. The van der Waals surface area contributed by atoms with E-state index in [0.29, 0.717) is 11.2 Å². The fraction of sp³-hybridized carbons (Fsp3) is 0.917. The van der Waals surface area contributed by atoms with E-state index in [1.807, 2.05) is 0 Å². The second-order valence-electron chi connectivity index (χ2n) is 6.26. The van der Waals surface area contributed by atoms with Crippen LogP contribution in [-0.2, 0) is 9.84 Å². The third-order valence-corrected chi connectivity index (χ3v) is 8.33. The molecule has 18 heavy (non-hydrogen) atoms. The van der Waals surface area contributed by atoms with Crippen molar-refractivity contribution in [3.05, 3.63) is 0 Å². The summed E-state index contributed by atoms with van der Waals surface area (Å²) in [5.41, 5.74) is 0. The smallest absolute Gasteiger partial charge is 0.157 e. The fourth-order valence-corrected chi connectivity index (χ4v) is 8.32. The van der Waals surface area contributed by atoms with Crippen molar-refractivity contribution in [2.75, 3.05) is 11.5 Å². The average Bonchev–Trinajstić information content (AvgIpc) is 2.96. The lowest BCUT2D eigenvalue weighted by Crippen LogP contribution is -2.46. The van der Waals surface area contributed by atoms with Gasteiger partial charge in [-0.2, -0.15) is 0 Å². The van der Waals surface area contributed by atoms with Gasteiger partial charge in [0.15, 0.2) is 15.0 Å². The Hall–Kier alpha value is -0.230. The predicted octanol–water partition coefficient (Wildman–Crippen LogP) is 1.32. The lowest BCUT2D eigenvalue weighted by molar-refractivity contribution is 0.198. The van der Waals surface area contributed by atoms with Crippen LogP contribution < -0.4 is 0 Å². The topological polar surface area (TPSA) is 61.2 Å². The minimum atomic E-state index is -2.86. The summed E-state index contributed by atoms with van der Waals surface area (Å²) in [4.78, 5) is 2.18. The van der Waals surface area contributed by atoms with E-state index >= 15 is 0 Å². The molecule has 0 unspecified atom stereocenters. The molecule has 4 aliphatic rings. The number of rotatable bonds is 1. The van der Waals surface area contributed by atoms with Gasteiger partial charge >= 0.3 is 0 Å². The Morgan fingerprint density at radius 1 is 1.17 bits per heavy atom. The molecule has 0 aromatic rings. The van der Waals surface area contributed by atoms with Crippen molar-refractivity contribution < 1.29 is 8.42 Å². The highest BCUT2D eigenvalue weighted by Crippen LogP contribution is 2.50. The predicted molar refractivity (Wildman–Crippen MR) is 72.6 cm³/mol. The van der Waals surface area contributed by atoms with Crippen molar-refractivity contribution in [2.24, 2.45) is 11.8 Å². The van der Waals surface area contributed by atoms with Gasteiger partial charge < -0.3 is 4.90 Å². The highest BCUT2D eigenvalue weighted by atomic mass is 32.2. The molecule has 2 saturated carbocycles. The van der Waals surface area contributed by atoms with Gasteiger partial charge in [-0.3, -0.25) is 5.41 Å². The number of hydrogen-bond donors (Lipinski definition) is 1. The summed E-state index contributed by atoms with van der Waals surface area (Å²) in [5.74, 6) is 2.12. The first-order chi connectivity index (χ1) is 8.53. The van der Waals surface area contributed by atoms with Crippen LogP contribution in [0.5, 0.6) is 0 Å². The average molecular weight is 286 g/mol. The molecule has 4 nitrogen and oxygen atoms in total. The van der Waals surface area contributed by atoms with E-state index in [1.54, 1.807) is 0 Å². The van der Waals surface area contributed by atoms with E-state index in [-0.39, 0.29) is 22.8 Å². The van der Waals surface area contributed by atoms with Crippen LogP contribution in [-0.4, -0.2) is 47.3 Å². The molecule has 1 N–H and O–H groups in total. The quantitative estimate of drug-likeness (QED) is 0.790. The molecule has 2 saturated heterocycles. The SMILES string of the molecule is N=C1S[C@H]2CS(=O)(=O)C[C@H]2N1[C@H]1C[C@@H]2CC[C@H]1C2. The van der Waals surface area contributed by atoms with Crippen LogP contribution in [0.1, 0.15) is 25.7 Å². The van der Waals surface area contributed by atoms with E-state index in [0.717, 1.165) is 11.8 Å². The molecule has 0 amide bonds. The number of nitrogens with one attached hydrogen (secondary N) is 1. The number of sulfone groups is 1. The van der Waals surface area contributed by atoms with Crippen molar-refractivity contribution in [2.45, 2.75) is 43.0 Å². The Morgan fingerprint density at radius 2 is 2.00 bits per heavy atom. The number of fused-ring (bicyclic) bond motifs is 3. The zero-order chi connectivity index (χ0) is 12.5. The van der Waals surface area contributed by atoms with Crippen molar-refractivity contribution in [1.29, 1.82) is 5.41 Å². The normalized spacial score (nSPS) is 49.0. The molecule has 0 aromatic carbocycles. The number of nitrogens with zero attached hydrogens (tertiary/aromatic N) is 1. The van der Waals surface area contributed by atoms with Gasteiger partial charge in [0.05, 0.1) is 17.5 Å². The molecular weight excluding hydrogens is 268 g/mol. The van der Waals surface area contributed by atoms with Crippen LogP contribution in [0.2, 0.25) is 0 Å². The molecule has 2 aliphatic carbocycles. The first kappa shape index (κ1) is 11.6. The second kappa shape index (κ2) is 3.66. The summed E-state index contributed by atoms with van der Waals surface area (Å²) in [6.45, 7) is 0. The summed E-state index contributed by atoms with van der Waals surface area (Å²) in [6.07, 6.45) is 5.13. The van der Waals surface area contributed by atoms with Crippen LogP contribution in [0.25, 0.3) is 0 Å². The van der Waals surface area contributed by atoms with Gasteiger partial charge in [-0.05, 0) is 31.1 Å². The molecule has 6 heteroatoms. The Morgan fingerprint density at radius 3 is 2.67 bits per heavy atom. The highest BCUT2D eigenvalue weighted by molar-refractivity contribution is 8.15. The van der Waals surface area contributed by atoms with Gasteiger partial charge in [0.1, 0.15) is 0 Å². The van der Waals surface area contributed by atoms with Gasteiger partial charge in [-0.15, -0.1) is 0 Å². The van der Waals surface area contributed by atoms with Gasteiger partial charge in [0.25, 0.3) is 0 Å². The van der Waals surface area contributed by atoms with Gasteiger partial charge in [-0.1, -0.05) is 18.2 Å². The molecular formula is C12H18N2O2S2. The number of hydrogen-bond acceptors (Lipinski definition) is 4. The third-order valence-electron chi connectivity index (χ3n) is 5.18. The lowest BCUT2D eigenvalue weighted by atomic mass is 9.93. The maximum atomic E-state index is 11.8. The number of thioether (sulfide) groups is 1. The molecule has 100 valence electrons. The molecule has 4 fully saturated rings. The van der Waals surface area contributed by atoms with Crippen LogP contribution in [0.15, 0.2) is 0 Å². The Bertz CT molecular complexity index is 504. The molecule has 0 aromatic heterocycles. The zero-order valence-corrected chi connectivity index (χ0v) is 11.8. The van der Waals surface area contributed by atoms with Crippen LogP contribution >= 0.6 is 11.8 Å². The van der Waals surface area contributed by atoms with E-state index in [2.05, 4.69) is 4.90 Å². The van der Waals surface area contributed by atoms with E-state index < -0.39 is 9.84 Å². The van der Waals surface area contributed by atoms with Crippen LogP contribution in [0.4, 0.5) is 0 Å². The van der Waals surface area contributed by atoms with Crippen molar-refractivity contribution in [3.63, 3.8) is 0 Å². The van der Waals surface area contributed by atoms with E-state index in [4.69, 9.17) is 5.41 Å². The van der Waals surface area contributed by atoms with Crippen LogP contribution in [0.3, 0.4) is 0 Å². The molecule has 2 bridgehead atoms. The maximum absolute atomic E-state index is 11.8. The first-order valence-corrected chi connectivity index (χ1v) is 9.47. The Labute approximate surface area is 112 Å². The first-order valence-electron chi connectivity index (χ1n) is 6.77. The van der Waals surface area contributed by atoms with Crippen molar-refractivity contribution in [3.8, 4) is 0 Å². The van der Waals surface area contributed by atoms with Gasteiger partial charge in [0, 0.05) is 11.3 Å². The Kier molecular flexibility index (Phi) is 2.35. The molecule has 5 atom stereocenters. The van der Waals surface area contributed by atoms with Crippen LogP contribution in [0, 0.1) is 17.2 Å². The lowest BCUT2D eigenvalue weighted by Gasteiger charge is -2.35. The highest BCUT2D eigenvalue weighted by Gasteiger charge is 2.53. The molecule has 0 radical (unpaired) electrons. The fourth-order valence-electron chi connectivity index (χ4n) is 4.47. The molecule has 2 heterocycles. The third kappa shape index (κ3) is 1.57. The van der Waals surface area contributed by atoms with Crippen molar-refractivity contribution in [1.82, 2.24) is 4.90 Å². The largest absolute Gasteiger partial charge is 0.343 e. The van der Waals surface area contributed by atoms with E-state index in [9.17, 15) is 8.42 Å². The molecule has 2 aliphatic heterocycles. The van der Waals surface area contributed by atoms with E-state index in [1.165, 1.54) is 37.4 Å². The van der Waals surface area contributed by atoms with Crippen molar-refractivity contribution >= 4 is 26.8 Å². The maximum Gasteiger partial charge on any atom is 0.157 e. The monoisotopic (exact) mass is 286 g/mol. The summed E-state index contributed by atoms with van der Waals surface area (Å²) in [7, 11) is -2.86. The summed E-state index contributed by atoms with van der Waals surface area (Å²) < 4.78 is 23.5. The minimum Gasteiger partial charge on any atom is -0.343 e.